The maximum atomic E-state index is 13.3. The lowest BCUT2D eigenvalue weighted by atomic mass is 9.91. The molecule has 31 heavy (non-hydrogen) atoms. The Kier molecular flexibility index (Phi) is 6.86. The molecule has 0 spiro atoms. The zero-order valence-corrected chi connectivity index (χ0v) is 18.6. The van der Waals surface area contributed by atoms with Crippen molar-refractivity contribution in [2.24, 2.45) is 7.05 Å². The highest BCUT2D eigenvalue weighted by atomic mass is 32.2. The van der Waals surface area contributed by atoms with Crippen LogP contribution in [0.5, 0.6) is 0 Å². The molecule has 4 rings (SSSR count). The van der Waals surface area contributed by atoms with Gasteiger partial charge in [-0.05, 0) is 49.5 Å². The molecule has 1 fully saturated rings. The minimum absolute atomic E-state index is 0.231. The minimum atomic E-state index is -3.62. The molecule has 1 saturated heterocycles. The normalized spacial score (nSPS) is 20.6. The molecule has 2 aliphatic rings. The van der Waals surface area contributed by atoms with Crippen LogP contribution >= 0.6 is 0 Å². The molecule has 7 nitrogen and oxygen atoms in total. The number of nitrogens with one attached hydrogen (secondary N) is 1. The van der Waals surface area contributed by atoms with Crippen molar-refractivity contribution >= 4 is 16.1 Å². The Labute approximate surface area is 182 Å². The molecule has 168 valence electrons. The van der Waals surface area contributed by atoms with Gasteiger partial charge in [-0.15, -0.1) is 4.83 Å². The molecule has 1 aliphatic heterocycles. The van der Waals surface area contributed by atoms with Crippen LogP contribution in [0, 0.1) is 5.82 Å². The van der Waals surface area contributed by atoms with E-state index in [4.69, 9.17) is 4.74 Å². The van der Waals surface area contributed by atoms with Gasteiger partial charge in [-0.2, -0.15) is 5.10 Å². The van der Waals surface area contributed by atoms with E-state index >= 15 is 0 Å². The smallest absolute Gasteiger partial charge is 0.246 e. The van der Waals surface area contributed by atoms with Gasteiger partial charge >= 0.3 is 0 Å². The summed E-state index contributed by atoms with van der Waals surface area (Å²) >= 11 is 0. The zero-order valence-electron chi connectivity index (χ0n) is 17.8. The second-order valence-corrected chi connectivity index (χ2v) is 9.73. The lowest BCUT2D eigenvalue weighted by molar-refractivity contribution is 0.0274. The molecule has 1 aromatic heterocycles. The van der Waals surface area contributed by atoms with Gasteiger partial charge in [0, 0.05) is 42.7 Å². The standard InChI is InChI=1S/C22H29FN4O3S/c1-26-22-18(16-17-6-8-19(23)9-7-17)4-2-3-5-20(22)21(24-26)10-15-31(28,29)25-27-11-13-30-14-12-27/h6-10,15,18,25H,2-5,11-14,16H2,1H3. The fourth-order valence-electron chi connectivity index (χ4n) is 4.46. The summed E-state index contributed by atoms with van der Waals surface area (Å²) in [5.41, 5.74) is 4.07. The fraction of sp³-hybridized carbons (Fsp3) is 0.500. The number of hydrazine groups is 1. The first-order valence-electron chi connectivity index (χ1n) is 10.7. The Morgan fingerprint density at radius 1 is 1.23 bits per heavy atom. The highest BCUT2D eigenvalue weighted by molar-refractivity contribution is 7.92. The van der Waals surface area contributed by atoms with E-state index in [0.717, 1.165) is 48.9 Å². The van der Waals surface area contributed by atoms with E-state index in [1.165, 1.54) is 17.5 Å². The Bertz CT molecular complexity index is 1030. The fourth-order valence-corrected chi connectivity index (χ4v) is 5.37. The second-order valence-electron chi connectivity index (χ2n) is 8.18. The third kappa shape index (κ3) is 5.60. The van der Waals surface area contributed by atoms with E-state index in [-0.39, 0.29) is 11.7 Å². The molecule has 1 unspecified atom stereocenters. The van der Waals surface area contributed by atoms with Gasteiger partial charge < -0.3 is 4.74 Å². The molecule has 0 bridgehead atoms. The Morgan fingerprint density at radius 2 is 1.97 bits per heavy atom. The van der Waals surface area contributed by atoms with Crippen molar-refractivity contribution in [3.05, 3.63) is 58.0 Å². The summed E-state index contributed by atoms with van der Waals surface area (Å²) in [6, 6.07) is 6.66. The van der Waals surface area contributed by atoms with E-state index in [1.807, 2.05) is 23.9 Å². The number of aromatic nitrogens is 2. The maximum absolute atomic E-state index is 13.3. The monoisotopic (exact) mass is 448 g/mol. The summed E-state index contributed by atoms with van der Waals surface area (Å²) < 4.78 is 45.4. The number of aryl methyl sites for hydroxylation is 1. The molecule has 1 atom stereocenters. The van der Waals surface area contributed by atoms with Crippen LogP contribution in [0.15, 0.2) is 29.7 Å². The number of nitrogens with zero attached hydrogens (tertiary/aromatic N) is 3. The molecular weight excluding hydrogens is 419 g/mol. The van der Waals surface area contributed by atoms with Crippen LogP contribution in [0.1, 0.15) is 47.7 Å². The molecule has 9 heteroatoms. The van der Waals surface area contributed by atoms with E-state index in [9.17, 15) is 12.8 Å². The van der Waals surface area contributed by atoms with Gasteiger partial charge in [-0.1, -0.05) is 18.6 Å². The predicted octanol–water partition coefficient (Wildman–Crippen LogP) is 2.75. The summed E-state index contributed by atoms with van der Waals surface area (Å²) in [4.78, 5) is 2.58. The van der Waals surface area contributed by atoms with Crippen molar-refractivity contribution in [2.75, 3.05) is 26.3 Å². The van der Waals surface area contributed by atoms with Gasteiger partial charge in [0.25, 0.3) is 0 Å². The third-order valence-electron chi connectivity index (χ3n) is 5.91. The average Bonchev–Trinajstić information content (AvgIpc) is 2.91. The number of hydrogen-bond donors (Lipinski definition) is 1. The summed E-state index contributed by atoms with van der Waals surface area (Å²) in [7, 11) is -1.70. The Hall–Kier alpha value is -2.07. The predicted molar refractivity (Wildman–Crippen MR) is 117 cm³/mol. The summed E-state index contributed by atoms with van der Waals surface area (Å²) in [6.07, 6.45) is 6.46. The SMILES string of the molecule is Cn1nc(C=CS(=O)(=O)NN2CCOCC2)c2c1C(Cc1ccc(F)cc1)CCCC2. The van der Waals surface area contributed by atoms with Crippen LogP contribution in [0.4, 0.5) is 4.39 Å². The molecule has 1 aromatic carbocycles. The number of rotatable bonds is 6. The minimum Gasteiger partial charge on any atom is -0.379 e. The van der Waals surface area contributed by atoms with Gasteiger partial charge in [-0.3, -0.25) is 4.68 Å². The topological polar surface area (TPSA) is 76.5 Å². The van der Waals surface area contributed by atoms with Gasteiger partial charge in [-0.25, -0.2) is 17.8 Å². The molecule has 2 heterocycles. The van der Waals surface area contributed by atoms with Crippen LogP contribution in [-0.4, -0.2) is 49.5 Å². The van der Waals surface area contributed by atoms with Crippen molar-refractivity contribution in [3.8, 4) is 0 Å². The first-order valence-corrected chi connectivity index (χ1v) is 12.3. The first kappa shape index (κ1) is 22.1. The molecule has 2 aromatic rings. The van der Waals surface area contributed by atoms with Gasteiger partial charge in [0.05, 0.1) is 18.9 Å². The quantitative estimate of drug-likeness (QED) is 0.688. The molecule has 0 amide bonds. The van der Waals surface area contributed by atoms with E-state index in [1.54, 1.807) is 11.1 Å². The summed E-state index contributed by atoms with van der Waals surface area (Å²) in [5, 5.41) is 7.49. The molecule has 0 saturated carbocycles. The van der Waals surface area contributed by atoms with Crippen molar-refractivity contribution in [1.29, 1.82) is 0 Å². The largest absolute Gasteiger partial charge is 0.379 e. The van der Waals surface area contributed by atoms with Crippen molar-refractivity contribution in [3.63, 3.8) is 0 Å². The number of fused-ring (bicyclic) bond motifs is 1. The molecule has 0 radical (unpaired) electrons. The van der Waals surface area contributed by atoms with Crippen LogP contribution in [0.3, 0.4) is 0 Å². The molecule has 1 N–H and O–H groups in total. The highest BCUT2D eigenvalue weighted by Gasteiger charge is 2.26. The summed E-state index contributed by atoms with van der Waals surface area (Å²) in [6.45, 7) is 2.07. The molecular formula is C22H29FN4O3S. The number of ether oxygens (including phenoxy) is 1. The number of benzene rings is 1. The lowest BCUT2D eigenvalue weighted by Crippen LogP contribution is -2.47. The Balaban J connectivity index is 1.55. The third-order valence-corrected chi connectivity index (χ3v) is 6.92. The van der Waals surface area contributed by atoms with Crippen LogP contribution in [0.2, 0.25) is 0 Å². The van der Waals surface area contributed by atoms with Crippen molar-refractivity contribution in [2.45, 2.75) is 38.0 Å². The number of halogens is 1. The number of morpholine rings is 1. The van der Waals surface area contributed by atoms with Crippen LogP contribution in [0.25, 0.3) is 6.08 Å². The molecule has 1 aliphatic carbocycles. The number of hydrogen-bond acceptors (Lipinski definition) is 5. The highest BCUT2D eigenvalue weighted by Crippen LogP contribution is 2.35. The van der Waals surface area contributed by atoms with Crippen molar-refractivity contribution < 1.29 is 17.5 Å². The average molecular weight is 449 g/mol. The van der Waals surface area contributed by atoms with Gasteiger partial charge in [0.15, 0.2) is 0 Å². The van der Waals surface area contributed by atoms with E-state index < -0.39 is 10.0 Å². The number of sulfonamides is 1. The second kappa shape index (κ2) is 9.60. The van der Waals surface area contributed by atoms with Gasteiger partial charge in [0.2, 0.25) is 10.0 Å². The lowest BCUT2D eigenvalue weighted by Gasteiger charge is -2.25. The Morgan fingerprint density at radius 3 is 2.71 bits per heavy atom. The van der Waals surface area contributed by atoms with Crippen LogP contribution < -0.4 is 4.83 Å². The van der Waals surface area contributed by atoms with E-state index in [2.05, 4.69) is 9.93 Å². The zero-order chi connectivity index (χ0) is 21.8. The first-order chi connectivity index (χ1) is 14.9. The van der Waals surface area contributed by atoms with Crippen LogP contribution in [-0.2, 0) is 34.6 Å². The van der Waals surface area contributed by atoms with Gasteiger partial charge in [0.1, 0.15) is 5.82 Å². The summed E-state index contributed by atoms with van der Waals surface area (Å²) in [5.74, 6) is 0.0378. The van der Waals surface area contributed by atoms with E-state index in [0.29, 0.717) is 32.0 Å². The maximum Gasteiger partial charge on any atom is 0.246 e. The van der Waals surface area contributed by atoms with Crippen molar-refractivity contribution in [1.82, 2.24) is 19.6 Å².